The SMILES string of the molecule is CCC/C=C/CC(C)[NH+](CC)CCC.[Br-]. The van der Waals surface area contributed by atoms with Crippen molar-refractivity contribution in [1.82, 2.24) is 0 Å². The van der Waals surface area contributed by atoms with Crippen molar-refractivity contribution in [2.75, 3.05) is 13.1 Å². The van der Waals surface area contributed by atoms with E-state index >= 15 is 0 Å². The van der Waals surface area contributed by atoms with E-state index in [1.54, 1.807) is 4.90 Å². The van der Waals surface area contributed by atoms with E-state index in [4.69, 9.17) is 0 Å². The van der Waals surface area contributed by atoms with Gasteiger partial charge < -0.3 is 21.9 Å². The molecule has 2 heteroatoms. The van der Waals surface area contributed by atoms with Crippen LogP contribution in [0.25, 0.3) is 0 Å². The minimum Gasteiger partial charge on any atom is -1.00 e. The molecule has 0 bridgehead atoms. The van der Waals surface area contributed by atoms with Crippen molar-refractivity contribution < 1.29 is 21.9 Å². The van der Waals surface area contributed by atoms with Gasteiger partial charge in [0.15, 0.2) is 0 Å². The Bertz CT molecular complexity index is 145. The van der Waals surface area contributed by atoms with E-state index in [0.29, 0.717) is 0 Å². The molecule has 0 amide bonds. The van der Waals surface area contributed by atoms with Gasteiger partial charge >= 0.3 is 0 Å². The Labute approximate surface area is 107 Å². The van der Waals surface area contributed by atoms with Crippen molar-refractivity contribution in [1.29, 1.82) is 0 Å². The fourth-order valence-electron chi connectivity index (χ4n) is 1.84. The summed E-state index contributed by atoms with van der Waals surface area (Å²) in [7, 11) is 0. The van der Waals surface area contributed by atoms with Gasteiger partial charge in [-0.25, -0.2) is 0 Å². The predicted molar refractivity (Wildman–Crippen MR) is 64.8 cm³/mol. The van der Waals surface area contributed by atoms with Gasteiger partial charge in [0, 0.05) is 6.42 Å². The Morgan fingerprint density at radius 1 is 1.07 bits per heavy atom. The van der Waals surface area contributed by atoms with Gasteiger partial charge in [0.25, 0.3) is 0 Å². The van der Waals surface area contributed by atoms with Crippen molar-refractivity contribution >= 4 is 0 Å². The Morgan fingerprint density at radius 2 is 1.73 bits per heavy atom. The fraction of sp³-hybridized carbons (Fsp3) is 0.846. The smallest absolute Gasteiger partial charge is 0.0880 e. The van der Waals surface area contributed by atoms with Crippen LogP contribution < -0.4 is 21.9 Å². The molecule has 0 aliphatic rings. The van der Waals surface area contributed by atoms with Crippen molar-refractivity contribution in [3.63, 3.8) is 0 Å². The van der Waals surface area contributed by atoms with Gasteiger partial charge in [0.05, 0.1) is 19.1 Å². The van der Waals surface area contributed by atoms with E-state index in [2.05, 4.69) is 39.8 Å². The first-order valence-electron chi connectivity index (χ1n) is 6.25. The molecule has 0 aliphatic heterocycles. The molecule has 2 unspecified atom stereocenters. The number of hydrogen-bond donors (Lipinski definition) is 1. The Hall–Kier alpha value is 0.180. The lowest BCUT2D eigenvalue weighted by Gasteiger charge is -2.23. The monoisotopic (exact) mass is 277 g/mol. The summed E-state index contributed by atoms with van der Waals surface area (Å²) in [6.45, 7) is 11.7. The van der Waals surface area contributed by atoms with E-state index in [1.807, 2.05) is 0 Å². The molecule has 0 saturated carbocycles. The molecule has 0 rings (SSSR count). The zero-order valence-corrected chi connectivity index (χ0v) is 12.4. The average Bonchev–Trinajstić information content (AvgIpc) is 2.20. The molecule has 1 nitrogen and oxygen atoms in total. The molecule has 15 heavy (non-hydrogen) atoms. The zero-order chi connectivity index (χ0) is 10.8. The highest BCUT2D eigenvalue weighted by Crippen LogP contribution is 1.93. The summed E-state index contributed by atoms with van der Waals surface area (Å²) in [4.78, 5) is 1.74. The number of nitrogens with one attached hydrogen (secondary N) is 1. The minimum absolute atomic E-state index is 0. The molecule has 0 radical (unpaired) electrons. The van der Waals surface area contributed by atoms with Gasteiger partial charge in [-0.1, -0.05) is 32.4 Å². The highest BCUT2D eigenvalue weighted by Gasteiger charge is 2.12. The quantitative estimate of drug-likeness (QED) is 0.568. The number of allylic oxidation sites excluding steroid dienone is 1. The normalized spacial score (nSPS) is 14.9. The maximum absolute atomic E-state index is 2.37. The summed E-state index contributed by atoms with van der Waals surface area (Å²) in [5.41, 5.74) is 0. The number of unbranched alkanes of at least 4 members (excludes halogenated alkanes) is 1. The van der Waals surface area contributed by atoms with Crippen LogP contribution in [0, 0.1) is 0 Å². The molecule has 0 heterocycles. The summed E-state index contributed by atoms with van der Waals surface area (Å²) in [6.07, 6.45) is 9.73. The van der Waals surface area contributed by atoms with Crippen LogP contribution in [0.1, 0.15) is 53.4 Å². The van der Waals surface area contributed by atoms with Crippen LogP contribution in [0.3, 0.4) is 0 Å². The third-order valence-corrected chi connectivity index (χ3v) is 2.83. The Kier molecular flexibility index (Phi) is 14.4. The Balaban J connectivity index is 0. The van der Waals surface area contributed by atoms with E-state index in [-0.39, 0.29) is 17.0 Å². The molecule has 0 saturated heterocycles. The molecule has 0 spiro atoms. The van der Waals surface area contributed by atoms with E-state index in [1.165, 1.54) is 38.8 Å². The third-order valence-electron chi connectivity index (χ3n) is 2.83. The summed E-state index contributed by atoms with van der Waals surface area (Å²) in [6, 6.07) is 0.785. The Morgan fingerprint density at radius 3 is 2.20 bits per heavy atom. The number of hydrogen-bond acceptors (Lipinski definition) is 0. The van der Waals surface area contributed by atoms with Crippen molar-refractivity contribution in [3.8, 4) is 0 Å². The molecule has 1 N–H and O–H groups in total. The molecular weight excluding hydrogens is 250 g/mol. The van der Waals surface area contributed by atoms with Crippen LogP contribution in [0.4, 0.5) is 0 Å². The van der Waals surface area contributed by atoms with Crippen LogP contribution in [0.5, 0.6) is 0 Å². The van der Waals surface area contributed by atoms with E-state index in [0.717, 1.165) is 6.04 Å². The summed E-state index contributed by atoms with van der Waals surface area (Å²) in [5, 5.41) is 0. The summed E-state index contributed by atoms with van der Waals surface area (Å²) >= 11 is 0. The largest absolute Gasteiger partial charge is 1.00 e. The predicted octanol–water partition coefficient (Wildman–Crippen LogP) is -0.560. The first-order chi connectivity index (χ1) is 6.76. The standard InChI is InChI=1S/C13H27N.BrH/c1-5-8-9-10-11-13(4)14(7-3)12-6-2;/h9-10,13H,5-8,11-12H2,1-4H3;1H/b10-9+;. The van der Waals surface area contributed by atoms with E-state index < -0.39 is 0 Å². The van der Waals surface area contributed by atoms with Crippen molar-refractivity contribution in [2.24, 2.45) is 0 Å². The summed E-state index contributed by atoms with van der Waals surface area (Å²) < 4.78 is 0. The summed E-state index contributed by atoms with van der Waals surface area (Å²) in [5.74, 6) is 0. The van der Waals surface area contributed by atoms with Crippen LogP contribution in [-0.4, -0.2) is 19.1 Å². The second-order valence-electron chi connectivity index (χ2n) is 4.16. The fourth-order valence-corrected chi connectivity index (χ4v) is 1.84. The molecule has 0 fully saturated rings. The lowest BCUT2D eigenvalue weighted by Crippen LogP contribution is -3.15. The molecule has 92 valence electrons. The molecule has 0 aromatic heterocycles. The van der Waals surface area contributed by atoms with Crippen LogP contribution in [-0.2, 0) is 0 Å². The number of rotatable bonds is 8. The highest BCUT2D eigenvalue weighted by molar-refractivity contribution is 4.82. The maximum Gasteiger partial charge on any atom is 0.0880 e. The van der Waals surface area contributed by atoms with Crippen molar-refractivity contribution in [2.45, 2.75) is 59.4 Å². The second kappa shape index (κ2) is 12.3. The van der Waals surface area contributed by atoms with E-state index in [9.17, 15) is 0 Å². The van der Waals surface area contributed by atoms with Gasteiger partial charge in [-0.2, -0.15) is 0 Å². The molecular formula is C13H28BrN. The van der Waals surface area contributed by atoms with Gasteiger partial charge in [0.1, 0.15) is 0 Å². The zero-order valence-electron chi connectivity index (χ0n) is 10.9. The lowest BCUT2D eigenvalue weighted by atomic mass is 10.1. The highest BCUT2D eigenvalue weighted by atomic mass is 79.9. The van der Waals surface area contributed by atoms with Crippen LogP contribution in [0.15, 0.2) is 12.2 Å². The van der Waals surface area contributed by atoms with Gasteiger partial charge in [-0.3, -0.25) is 0 Å². The number of quaternary nitrogens is 1. The van der Waals surface area contributed by atoms with Crippen LogP contribution in [0.2, 0.25) is 0 Å². The maximum atomic E-state index is 2.37. The molecule has 0 aromatic carbocycles. The molecule has 2 atom stereocenters. The average molecular weight is 278 g/mol. The van der Waals surface area contributed by atoms with Crippen LogP contribution >= 0.6 is 0 Å². The van der Waals surface area contributed by atoms with Crippen molar-refractivity contribution in [3.05, 3.63) is 12.2 Å². The topological polar surface area (TPSA) is 4.44 Å². The first-order valence-corrected chi connectivity index (χ1v) is 6.25. The van der Waals surface area contributed by atoms with Gasteiger partial charge in [-0.05, 0) is 26.7 Å². The number of halogens is 1. The van der Waals surface area contributed by atoms with Gasteiger partial charge in [-0.15, -0.1) is 0 Å². The lowest BCUT2D eigenvalue weighted by molar-refractivity contribution is -0.921. The first kappa shape index (κ1) is 17.6. The second-order valence-corrected chi connectivity index (χ2v) is 4.16. The molecule has 0 aromatic rings. The molecule has 0 aliphatic carbocycles. The third kappa shape index (κ3) is 9.13. The minimum atomic E-state index is 0. The van der Waals surface area contributed by atoms with Gasteiger partial charge in [0.2, 0.25) is 0 Å².